The molecule has 1 saturated heterocycles. The molecule has 0 aromatic carbocycles. The van der Waals surface area contributed by atoms with Gasteiger partial charge in [0, 0.05) is 19.2 Å². The summed E-state index contributed by atoms with van der Waals surface area (Å²) >= 11 is 0. The number of nitrogens with one attached hydrogen (secondary N) is 2. The third-order valence-electron chi connectivity index (χ3n) is 3.68. The van der Waals surface area contributed by atoms with Gasteiger partial charge in [0.2, 0.25) is 0 Å². The number of urea groups is 1. The summed E-state index contributed by atoms with van der Waals surface area (Å²) in [6, 6.07) is 0.255. The Bertz CT molecular complexity index is 258. The van der Waals surface area contributed by atoms with Crippen molar-refractivity contribution in [2.24, 2.45) is 5.73 Å². The SMILES string of the molecule is NC1(CNC(=O)NC2CCCCC2)CCOC1. The van der Waals surface area contributed by atoms with Gasteiger partial charge in [-0.1, -0.05) is 19.3 Å². The molecule has 2 amide bonds. The zero-order chi connectivity index (χ0) is 12.1. The van der Waals surface area contributed by atoms with Gasteiger partial charge in [-0.3, -0.25) is 0 Å². The van der Waals surface area contributed by atoms with E-state index in [1.54, 1.807) is 0 Å². The second-order valence-electron chi connectivity index (χ2n) is 5.33. The van der Waals surface area contributed by atoms with E-state index in [0.29, 0.717) is 25.8 Å². The van der Waals surface area contributed by atoms with Gasteiger partial charge < -0.3 is 21.1 Å². The molecule has 1 aliphatic carbocycles. The number of amides is 2. The Labute approximate surface area is 102 Å². The molecule has 5 nitrogen and oxygen atoms in total. The first-order valence-electron chi connectivity index (χ1n) is 6.59. The first kappa shape index (κ1) is 12.6. The summed E-state index contributed by atoms with van der Waals surface area (Å²) in [6.07, 6.45) is 6.76. The van der Waals surface area contributed by atoms with Gasteiger partial charge in [-0.15, -0.1) is 0 Å². The maximum Gasteiger partial charge on any atom is 0.315 e. The highest BCUT2D eigenvalue weighted by Gasteiger charge is 2.30. The van der Waals surface area contributed by atoms with Gasteiger partial charge in [0.05, 0.1) is 12.1 Å². The normalized spacial score (nSPS) is 30.2. The minimum absolute atomic E-state index is 0.0892. The van der Waals surface area contributed by atoms with Crippen LogP contribution in [-0.4, -0.2) is 37.4 Å². The van der Waals surface area contributed by atoms with Crippen LogP contribution in [0.5, 0.6) is 0 Å². The zero-order valence-corrected chi connectivity index (χ0v) is 10.3. The quantitative estimate of drug-likeness (QED) is 0.682. The van der Waals surface area contributed by atoms with Gasteiger partial charge in [-0.2, -0.15) is 0 Å². The fraction of sp³-hybridized carbons (Fsp3) is 0.917. The average Bonchev–Trinajstić information content (AvgIpc) is 2.76. The number of carbonyl (C=O) groups is 1. The van der Waals surface area contributed by atoms with E-state index in [-0.39, 0.29) is 11.6 Å². The predicted octanol–water partition coefficient (Wildman–Crippen LogP) is 0.736. The van der Waals surface area contributed by atoms with E-state index in [0.717, 1.165) is 19.3 Å². The Morgan fingerprint density at radius 3 is 2.76 bits per heavy atom. The van der Waals surface area contributed by atoms with Crippen molar-refractivity contribution in [3.8, 4) is 0 Å². The lowest BCUT2D eigenvalue weighted by Gasteiger charge is -2.25. The Hall–Kier alpha value is -0.810. The lowest BCUT2D eigenvalue weighted by molar-refractivity contribution is 0.176. The molecular formula is C12H23N3O2. The van der Waals surface area contributed by atoms with Crippen LogP contribution in [0.25, 0.3) is 0 Å². The number of carbonyl (C=O) groups excluding carboxylic acids is 1. The standard InChI is InChI=1S/C12H23N3O2/c13-12(6-7-17-9-12)8-14-11(16)15-10-4-2-1-3-5-10/h10H,1-9,13H2,(H2,14,15,16). The first-order valence-corrected chi connectivity index (χ1v) is 6.59. The fourth-order valence-electron chi connectivity index (χ4n) is 2.50. The summed E-state index contributed by atoms with van der Waals surface area (Å²) in [5, 5.41) is 5.87. The molecule has 0 spiro atoms. The van der Waals surface area contributed by atoms with E-state index in [1.807, 2.05) is 0 Å². The maximum absolute atomic E-state index is 11.7. The Kier molecular flexibility index (Phi) is 4.23. The molecule has 0 radical (unpaired) electrons. The molecule has 5 heteroatoms. The second kappa shape index (κ2) is 5.69. The van der Waals surface area contributed by atoms with Crippen LogP contribution >= 0.6 is 0 Å². The number of ether oxygens (including phenoxy) is 1. The van der Waals surface area contributed by atoms with Crippen LogP contribution in [0.3, 0.4) is 0 Å². The van der Waals surface area contributed by atoms with Gasteiger partial charge in [-0.25, -0.2) is 4.79 Å². The van der Waals surface area contributed by atoms with Crippen molar-refractivity contribution >= 4 is 6.03 Å². The largest absolute Gasteiger partial charge is 0.379 e. The van der Waals surface area contributed by atoms with Gasteiger partial charge in [0.1, 0.15) is 0 Å². The predicted molar refractivity (Wildman–Crippen MR) is 65.8 cm³/mol. The monoisotopic (exact) mass is 241 g/mol. The molecule has 0 aromatic rings. The van der Waals surface area contributed by atoms with Gasteiger partial charge in [0.15, 0.2) is 0 Å². The lowest BCUT2D eigenvalue weighted by atomic mass is 9.96. The van der Waals surface area contributed by atoms with Crippen molar-refractivity contribution in [3.63, 3.8) is 0 Å². The third-order valence-corrected chi connectivity index (χ3v) is 3.68. The highest BCUT2D eigenvalue weighted by atomic mass is 16.5. The summed E-state index contributed by atoms with van der Waals surface area (Å²) in [6.45, 7) is 1.73. The third kappa shape index (κ3) is 3.85. The number of nitrogens with two attached hydrogens (primary N) is 1. The molecule has 1 unspecified atom stereocenters. The Balaban J connectivity index is 1.66. The molecular weight excluding hydrogens is 218 g/mol. The highest BCUT2D eigenvalue weighted by molar-refractivity contribution is 5.74. The van der Waals surface area contributed by atoms with Crippen molar-refractivity contribution in [1.29, 1.82) is 0 Å². The molecule has 4 N–H and O–H groups in total. The van der Waals surface area contributed by atoms with E-state index in [2.05, 4.69) is 10.6 Å². The van der Waals surface area contributed by atoms with E-state index in [1.165, 1.54) is 19.3 Å². The molecule has 1 saturated carbocycles. The highest BCUT2D eigenvalue weighted by Crippen LogP contribution is 2.17. The van der Waals surface area contributed by atoms with Crippen LogP contribution in [0.15, 0.2) is 0 Å². The average molecular weight is 241 g/mol. The fourth-order valence-corrected chi connectivity index (χ4v) is 2.50. The van der Waals surface area contributed by atoms with Gasteiger partial charge in [0.25, 0.3) is 0 Å². The van der Waals surface area contributed by atoms with Crippen LogP contribution in [0.1, 0.15) is 38.5 Å². The first-order chi connectivity index (χ1) is 8.18. The maximum atomic E-state index is 11.7. The van der Waals surface area contributed by atoms with E-state index in [9.17, 15) is 4.79 Å². The molecule has 2 rings (SSSR count). The van der Waals surface area contributed by atoms with Crippen LogP contribution < -0.4 is 16.4 Å². The van der Waals surface area contributed by atoms with E-state index >= 15 is 0 Å². The summed E-state index contributed by atoms with van der Waals surface area (Å²) in [5.41, 5.74) is 5.70. The van der Waals surface area contributed by atoms with Crippen LogP contribution in [0, 0.1) is 0 Å². The molecule has 98 valence electrons. The van der Waals surface area contributed by atoms with E-state index in [4.69, 9.17) is 10.5 Å². The minimum atomic E-state index is -0.371. The van der Waals surface area contributed by atoms with Crippen molar-refractivity contribution in [2.45, 2.75) is 50.1 Å². The number of hydrogen-bond acceptors (Lipinski definition) is 3. The minimum Gasteiger partial charge on any atom is -0.379 e. The smallest absolute Gasteiger partial charge is 0.315 e. The summed E-state index contributed by atoms with van der Waals surface area (Å²) in [7, 11) is 0. The molecule has 0 bridgehead atoms. The van der Waals surface area contributed by atoms with Crippen molar-refractivity contribution in [3.05, 3.63) is 0 Å². The summed E-state index contributed by atoms with van der Waals surface area (Å²) in [4.78, 5) is 11.7. The Morgan fingerprint density at radius 1 is 1.35 bits per heavy atom. The number of rotatable bonds is 3. The molecule has 1 atom stereocenters. The zero-order valence-electron chi connectivity index (χ0n) is 10.3. The van der Waals surface area contributed by atoms with Crippen LogP contribution in [-0.2, 0) is 4.74 Å². The van der Waals surface area contributed by atoms with Crippen LogP contribution in [0.2, 0.25) is 0 Å². The summed E-state index contributed by atoms with van der Waals surface area (Å²) < 4.78 is 5.25. The second-order valence-corrected chi connectivity index (χ2v) is 5.33. The van der Waals surface area contributed by atoms with Gasteiger partial charge >= 0.3 is 6.03 Å². The van der Waals surface area contributed by atoms with Crippen molar-refractivity contribution in [1.82, 2.24) is 10.6 Å². The molecule has 0 aromatic heterocycles. The van der Waals surface area contributed by atoms with Crippen LogP contribution in [0.4, 0.5) is 4.79 Å². The molecule has 2 aliphatic rings. The number of hydrogen-bond donors (Lipinski definition) is 3. The Morgan fingerprint density at radius 2 is 2.12 bits per heavy atom. The van der Waals surface area contributed by atoms with Crippen molar-refractivity contribution < 1.29 is 9.53 Å². The topological polar surface area (TPSA) is 76.4 Å². The molecule has 2 fully saturated rings. The molecule has 1 aliphatic heterocycles. The van der Waals surface area contributed by atoms with E-state index < -0.39 is 0 Å². The summed E-state index contributed by atoms with van der Waals surface area (Å²) in [5.74, 6) is 0. The lowest BCUT2D eigenvalue weighted by Crippen LogP contribution is -2.53. The van der Waals surface area contributed by atoms with Gasteiger partial charge in [-0.05, 0) is 19.3 Å². The van der Waals surface area contributed by atoms with Crippen molar-refractivity contribution in [2.75, 3.05) is 19.8 Å². The molecule has 17 heavy (non-hydrogen) atoms. The molecule has 1 heterocycles.